The highest BCUT2D eigenvalue weighted by Gasteiger charge is 2.32. The molecule has 1 aromatic rings. The molecule has 0 spiro atoms. The van der Waals surface area contributed by atoms with Crippen LogP contribution in [-0.2, 0) is 29.6 Å². The Balaban J connectivity index is 1.21. The summed E-state index contributed by atoms with van der Waals surface area (Å²) in [6.45, 7) is 8.83. The molecule has 4 heterocycles. The van der Waals surface area contributed by atoms with Crippen molar-refractivity contribution in [2.24, 2.45) is 13.0 Å². The van der Waals surface area contributed by atoms with E-state index in [4.69, 9.17) is 0 Å². The first-order chi connectivity index (χ1) is 16.4. The third-order valence-electron chi connectivity index (χ3n) is 7.47. The van der Waals surface area contributed by atoms with Gasteiger partial charge in [-0.05, 0) is 51.1 Å². The van der Waals surface area contributed by atoms with E-state index in [1.54, 1.807) is 9.58 Å². The van der Waals surface area contributed by atoms with Crippen LogP contribution in [-0.4, -0.2) is 88.0 Å². The second-order valence-electron chi connectivity index (χ2n) is 10.2. The van der Waals surface area contributed by atoms with Crippen LogP contribution in [0.15, 0.2) is 0 Å². The van der Waals surface area contributed by atoms with Crippen molar-refractivity contribution in [1.82, 2.24) is 29.8 Å². The Morgan fingerprint density at radius 2 is 1.82 bits per heavy atom. The lowest BCUT2D eigenvalue weighted by Crippen LogP contribution is -2.38. The predicted molar refractivity (Wildman–Crippen MR) is 129 cm³/mol. The number of nitrogens with one attached hydrogen (secondary N) is 1. The van der Waals surface area contributed by atoms with E-state index in [0.717, 1.165) is 69.2 Å². The molecule has 1 atom stereocenters. The lowest BCUT2D eigenvalue weighted by molar-refractivity contribution is -0.134. The van der Waals surface area contributed by atoms with Crippen molar-refractivity contribution in [3.63, 3.8) is 0 Å². The van der Waals surface area contributed by atoms with Gasteiger partial charge in [0.15, 0.2) is 5.69 Å². The molecule has 0 radical (unpaired) electrons. The van der Waals surface area contributed by atoms with Gasteiger partial charge in [0.25, 0.3) is 5.91 Å². The predicted octanol–water partition coefficient (Wildman–Crippen LogP) is 1.56. The summed E-state index contributed by atoms with van der Waals surface area (Å²) in [5.41, 5.74) is 2.39. The van der Waals surface area contributed by atoms with Gasteiger partial charge in [-0.3, -0.25) is 19.1 Å². The van der Waals surface area contributed by atoms with E-state index in [1.165, 1.54) is 12.8 Å². The number of aryl methyl sites for hydroxylation is 1. The summed E-state index contributed by atoms with van der Waals surface area (Å²) < 4.78 is 1.79. The SMILES string of the molecule is CC1CCCN(CCCNC(=O)CCC(=O)N2CCc3c(c(C(=O)N4CCCC4)nn3C)C2)C1. The van der Waals surface area contributed by atoms with Crippen LogP contribution in [0.3, 0.4) is 0 Å². The average molecular weight is 473 g/mol. The molecule has 0 aliphatic carbocycles. The molecular weight excluding hydrogens is 432 g/mol. The van der Waals surface area contributed by atoms with Crippen molar-refractivity contribution in [2.75, 3.05) is 45.8 Å². The number of hydrogen-bond donors (Lipinski definition) is 1. The lowest BCUT2D eigenvalue weighted by atomic mass is 10.0. The number of piperidine rings is 1. The number of aromatic nitrogens is 2. The fourth-order valence-electron chi connectivity index (χ4n) is 5.53. The molecule has 1 unspecified atom stereocenters. The molecule has 2 saturated heterocycles. The molecule has 188 valence electrons. The molecule has 0 saturated carbocycles. The van der Waals surface area contributed by atoms with Crippen molar-refractivity contribution in [3.05, 3.63) is 17.0 Å². The van der Waals surface area contributed by atoms with E-state index < -0.39 is 0 Å². The molecule has 9 heteroatoms. The molecule has 0 aromatic carbocycles. The molecule has 9 nitrogen and oxygen atoms in total. The highest BCUT2D eigenvalue weighted by Crippen LogP contribution is 2.25. The van der Waals surface area contributed by atoms with Gasteiger partial charge in [0, 0.05) is 76.8 Å². The van der Waals surface area contributed by atoms with E-state index in [-0.39, 0.29) is 30.6 Å². The normalized spacial score (nSPS) is 20.9. The van der Waals surface area contributed by atoms with Crippen molar-refractivity contribution >= 4 is 17.7 Å². The quantitative estimate of drug-likeness (QED) is 0.580. The van der Waals surface area contributed by atoms with Gasteiger partial charge >= 0.3 is 0 Å². The Labute approximate surface area is 202 Å². The Kier molecular flexibility index (Phi) is 8.24. The summed E-state index contributed by atoms with van der Waals surface area (Å²) in [4.78, 5) is 44.2. The summed E-state index contributed by atoms with van der Waals surface area (Å²) in [5.74, 6) is 0.638. The topological polar surface area (TPSA) is 90.8 Å². The highest BCUT2D eigenvalue weighted by atomic mass is 16.2. The molecule has 0 bridgehead atoms. The minimum Gasteiger partial charge on any atom is -0.356 e. The van der Waals surface area contributed by atoms with Crippen LogP contribution < -0.4 is 5.32 Å². The number of rotatable bonds is 8. The fraction of sp³-hybridized carbons (Fsp3) is 0.760. The summed E-state index contributed by atoms with van der Waals surface area (Å²) in [5, 5.41) is 7.47. The Morgan fingerprint density at radius 3 is 2.59 bits per heavy atom. The van der Waals surface area contributed by atoms with Crippen LogP contribution in [0.25, 0.3) is 0 Å². The summed E-state index contributed by atoms with van der Waals surface area (Å²) in [6, 6.07) is 0. The monoisotopic (exact) mass is 472 g/mol. The zero-order valence-corrected chi connectivity index (χ0v) is 20.9. The number of hydrogen-bond acceptors (Lipinski definition) is 5. The molecular formula is C25H40N6O3. The van der Waals surface area contributed by atoms with E-state index >= 15 is 0 Å². The third-order valence-corrected chi connectivity index (χ3v) is 7.47. The zero-order chi connectivity index (χ0) is 24.1. The second-order valence-corrected chi connectivity index (χ2v) is 10.2. The molecule has 34 heavy (non-hydrogen) atoms. The first-order valence-corrected chi connectivity index (χ1v) is 13.0. The number of likely N-dealkylation sites (tertiary alicyclic amines) is 2. The Bertz CT molecular complexity index is 891. The van der Waals surface area contributed by atoms with E-state index in [1.807, 2.05) is 11.9 Å². The van der Waals surface area contributed by atoms with Crippen LogP contribution in [0.5, 0.6) is 0 Å². The van der Waals surface area contributed by atoms with Gasteiger partial charge < -0.3 is 20.0 Å². The number of carbonyl (C=O) groups excluding carboxylic acids is 3. The van der Waals surface area contributed by atoms with Gasteiger partial charge in [0.1, 0.15) is 0 Å². The number of amides is 3. The first-order valence-electron chi connectivity index (χ1n) is 13.0. The maximum atomic E-state index is 13.0. The van der Waals surface area contributed by atoms with Gasteiger partial charge in [0.05, 0.1) is 0 Å². The van der Waals surface area contributed by atoms with E-state index in [0.29, 0.717) is 31.7 Å². The van der Waals surface area contributed by atoms with Crippen molar-refractivity contribution in [3.8, 4) is 0 Å². The summed E-state index contributed by atoms with van der Waals surface area (Å²) in [7, 11) is 1.87. The molecule has 1 aromatic heterocycles. The lowest BCUT2D eigenvalue weighted by Gasteiger charge is -2.30. The first kappa shape index (κ1) is 24.7. The van der Waals surface area contributed by atoms with Crippen molar-refractivity contribution in [2.45, 2.75) is 64.8 Å². The van der Waals surface area contributed by atoms with Gasteiger partial charge in [-0.25, -0.2) is 0 Å². The number of fused-ring (bicyclic) bond motifs is 1. The molecule has 3 amide bonds. The Morgan fingerprint density at radius 1 is 1.03 bits per heavy atom. The second kappa shape index (κ2) is 11.3. The minimum absolute atomic E-state index is 0.0259. The van der Waals surface area contributed by atoms with Gasteiger partial charge in [-0.2, -0.15) is 5.10 Å². The summed E-state index contributed by atoms with van der Waals surface area (Å²) >= 11 is 0. The molecule has 3 aliphatic heterocycles. The Hall–Kier alpha value is -2.42. The summed E-state index contributed by atoms with van der Waals surface area (Å²) in [6.07, 6.45) is 6.66. The van der Waals surface area contributed by atoms with Crippen LogP contribution >= 0.6 is 0 Å². The maximum Gasteiger partial charge on any atom is 0.274 e. The highest BCUT2D eigenvalue weighted by molar-refractivity contribution is 5.94. The van der Waals surface area contributed by atoms with Gasteiger partial charge in [-0.1, -0.05) is 6.92 Å². The zero-order valence-electron chi connectivity index (χ0n) is 20.9. The standard InChI is InChI=1S/C25H40N6O3/c1-19-7-5-12-29(17-19)13-6-11-26-22(32)8-9-23(33)31-16-10-21-20(18-31)24(27-28(21)2)25(34)30-14-3-4-15-30/h19H,3-18H2,1-2H3,(H,26,32). The molecule has 2 fully saturated rings. The maximum absolute atomic E-state index is 13.0. The number of nitrogens with zero attached hydrogens (tertiary/aromatic N) is 5. The van der Waals surface area contributed by atoms with E-state index in [2.05, 4.69) is 22.2 Å². The number of carbonyl (C=O) groups is 3. The smallest absolute Gasteiger partial charge is 0.274 e. The van der Waals surface area contributed by atoms with Crippen LogP contribution in [0.4, 0.5) is 0 Å². The van der Waals surface area contributed by atoms with Crippen LogP contribution in [0, 0.1) is 5.92 Å². The average Bonchev–Trinajstić information content (AvgIpc) is 3.48. The fourth-order valence-corrected chi connectivity index (χ4v) is 5.53. The van der Waals surface area contributed by atoms with E-state index in [9.17, 15) is 14.4 Å². The van der Waals surface area contributed by atoms with Gasteiger partial charge in [0.2, 0.25) is 11.8 Å². The molecule has 4 rings (SSSR count). The van der Waals surface area contributed by atoms with Crippen LogP contribution in [0.2, 0.25) is 0 Å². The van der Waals surface area contributed by atoms with Crippen molar-refractivity contribution in [1.29, 1.82) is 0 Å². The third kappa shape index (κ3) is 5.98. The minimum atomic E-state index is -0.0654. The van der Waals surface area contributed by atoms with Crippen LogP contribution in [0.1, 0.15) is 73.6 Å². The van der Waals surface area contributed by atoms with Gasteiger partial charge in [-0.15, -0.1) is 0 Å². The van der Waals surface area contributed by atoms with Crippen molar-refractivity contribution < 1.29 is 14.4 Å². The molecule has 3 aliphatic rings. The molecule has 1 N–H and O–H groups in total. The largest absolute Gasteiger partial charge is 0.356 e.